The smallest absolute Gasteiger partial charge is 0.225 e. The molecule has 0 aromatic heterocycles. The van der Waals surface area contributed by atoms with Crippen LogP contribution in [0.1, 0.15) is 46.5 Å². The maximum atomic E-state index is 12.4. The molecule has 0 aromatic rings. The first kappa shape index (κ1) is 16.3. The molecule has 0 atom stereocenters. The number of rotatable bonds is 2. The largest absolute Gasteiger partial charge is 0.378 e. The first-order chi connectivity index (χ1) is 9.87. The quantitative estimate of drug-likeness (QED) is 0.841. The summed E-state index contributed by atoms with van der Waals surface area (Å²) in [6.45, 7) is 8.71. The van der Waals surface area contributed by atoms with E-state index in [1.165, 1.54) is 0 Å². The van der Waals surface area contributed by atoms with Crippen LogP contribution in [0.25, 0.3) is 0 Å². The molecule has 2 rings (SSSR count). The fourth-order valence-corrected chi connectivity index (χ4v) is 3.12. The molecule has 21 heavy (non-hydrogen) atoms. The number of morpholine rings is 1. The SMILES string of the molecule is CC(C)(C)NC(=O)C1CCC(C(=O)N2CCOCC2)CC1. The number of nitrogens with one attached hydrogen (secondary N) is 1. The van der Waals surface area contributed by atoms with Gasteiger partial charge in [-0.1, -0.05) is 0 Å². The number of amides is 2. The zero-order chi connectivity index (χ0) is 15.5. The predicted octanol–water partition coefficient (Wildman–Crippen LogP) is 1.57. The first-order valence-corrected chi connectivity index (χ1v) is 8.05. The van der Waals surface area contributed by atoms with E-state index in [0.29, 0.717) is 26.3 Å². The van der Waals surface area contributed by atoms with E-state index in [2.05, 4.69) is 5.32 Å². The van der Waals surface area contributed by atoms with Gasteiger partial charge in [-0.3, -0.25) is 9.59 Å². The Hall–Kier alpha value is -1.10. The Morgan fingerprint density at radius 1 is 1.00 bits per heavy atom. The van der Waals surface area contributed by atoms with Crippen LogP contribution in [0, 0.1) is 11.8 Å². The molecular weight excluding hydrogens is 268 g/mol. The highest BCUT2D eigenvalue weighted by Gasteiger charge is 2.33. The summed E-state index contributed by atoms with van der Waals surface area (Å²) in [5.41, 5.74) is -0.183. The van der Waals surface area contributed by atoms with Crippen molar-refractivity contribution in [2.24, 2.45) is 11.8 Å². The summed E-state index contributed by atoms with van der Waals surface area (Å²) in [7, 11) is 0. The second-order valence-electron chi connectivity index (χ2n) is 7.23. The lowest BCUT2D eigenvalue weighted by atomic mass is 9.80. The Balaban J connectivity index is 1.80. The monoisotopic (exact) mass is 296 g/mol. The minimum atomic E-state index is -0.183. The molecule has 2 amide bonds. The lowest BCUT2D eigenvalue weighted by molar-refractivity contribution is -0.142. The second-order valence-corrected chi connectivity index (χ2v) is 7.23. The van der Waals surface area contributed by atoms with Gasteiger partial charge in [0.25, 0.3) is 0 Å². The third-order valence-electron chi connectivity index (χ3n) is 4.27. The van der Waals surface area contributed by atoms with Crippen molar-refractivity contribution in [1.82, 2.24) is 10.2 Å². The minimum Gasteiger partial charge on any atom is -0.378 e. The zero-order valence-electron chi connectivity index (χ0n) is 13.5. The van der Waals surface area contributed by atoms with Gasteiger partial charge in [-0.05, 0) is 46.5 Å². The molecule has 0 unspecified atom stereocenters. The standard InChI is InChI=1S/C16H28N2O3/c1-16(2,3)17-14(19)12-4-6-13(7-5-12)15(20)18-8-10-21-11-9-18/h12-13H,4-11H2,1-3H3,(H,17,19). The molecule has 2 aliphatic rings. The molecule has 0 spiro atoms. The summed E-state index contributed by atoms with van der Waals surface area (Å²) in [6.07, 6.45) is 3.31. The van der Waals surface area contributed by atoms with Crippen LogP contribution in [0.3, 0.4) is 0 Å². The van der Waals surface area contributed by atoms with Gasteiger partial charge in [0.1, 0.15) is 0 Å². The Labute approximate surface area is 127 Å². The van der Waals surface area contributed by atoms with E-state index in [0.717, 1.165) is 25.7 Å². The van der Waals surface area contributed by atoms with Crippen LogP contribution >= 0.6 is 0 Å². The van der Waals surface area contributed by atoms with Crippen molar-refractivity contribution in [2.75, 3.05) is 26.3 Å². The normalized spacial score (nSPS) is 27.3. The summed E-state index contributed by atoms with van der Waals surface area (Å²) < 4.78 is 5.29. The highest BCUT2D eigenvalue weighted by molar-refractivity contribution is 5.81. The average Bonchev–Trinajstić information content (AvgIpc) is 2.46. The average molecular weight is 296 g/mol. The third kappa shape index (κ3) is 4.70. The van der Waals surface area contributed by atoms with E-state index in [-0.39, 0.29) is 29.2 Å². The predicted molar refractivity (Wildman–Crippen MR) is 80.7 cm³/mol. The lowest BCUT2D eigenvalue weighted by Crippen LogP contribution is -2.47. The molecule has 0 radical (unpaired) electrons. The van der Waals surface area contributed by atoms with Crippen LogP contribution in [0.5, 0.6) is 0 Å². The van der Waals surface area contributed by atoms with Crippen LogP contribution in [-0.2, 0) is 14.3 Å². The van der Waals surface area contributed by atoms with Crippen LogP contribution in [0.4, 0.5) is 0 Å². The molecule has 120 valence electrons. The highest BCUT2D eigenvalue weighted by atomic mass is 16.5. The molecule has 5 nitrogen and oxygen atoms in total. The van der Waals surface area contributed by atoms with Crippen LogP contribution in [0.2, 0.25) is 0 Å². The van der Waals surface area contributed by atoms with Crippen molar-refractivity contribution >= 4 is 11.8 Å². The van der Waals surface area contributed by atoms with Crippen molar-refractivity contribution in [3.8, 4) is 0 Å². The summed E-state index contributed by atoms with van der Waals surface area (Å²) >= 11 is 0. The number of hydrogen-bond donors (Lipinski definition) is 1. The number of ether oxygens (including phenoxy) is 1. The van der Waals surface area contributed by atoms with Crippen molar-refractivity contribution in [2.45, 2.75) is 52.0 Å². The van der Waals surface area contributed by atoms with E-state index in [9.17, 15) is 9.59 Å². The Kier molecular flexibility index (Phi) is 5.25. The summed E-state index contributed by atoms with van der Waals surface area (Å²) in [5, 5.41) is 3.05. The van der Waals surface area contributed by atoms with Crippen LogP contribution < -0.4 is 5.32 Å². The Morgan fingerprint density at radius 3 is 2.05 bits per heavy atom. The molecule has 1 saturated carbocycles. The van der Waals surface area contributed by atoms with Gasteiger partial charge in [0.2, 0.25) is 11.8 Å². The van der Waals surface area contributed by atoms with Crippen molar-refractivity contribution in [1.29, 1.82) is 0 Å². The molecular formula is C16H28N2O3. The lowest BCUT2D eigenvalue weighted by Gasteiger charge is -2.34. The second kappa shape index (κ2) is 6.77. The van der Waals surface area contributed by atoms with Gasteiger partial charge < -0.3 is 15.0 Å². The number of hydrogen-bond acceptors (Lipinski definition) is 3. The van der Waals surface area contributed by atoms with Gasteiger partial charge in [0, 0.05) is 30.5 Å². The summed E-state index contributed by atoms with van der Waals surface area (Å²) in [5.74, 6) is 0.563. The molecule has 2 fully saturated rings. The summed E-state index contributed by atoms with van der Waals surface area (Å²) in [6, 6.07) is 0. The van der Waals surface area contributed by atoms with Crippen molar-refractivity contribution in [3.63, 3.8) is 0 Å². The maximum Gasteiger partial charge on any atom is 0.225 e. The van der Waals surface area contributed by atoms with Crippen LogP contribution in [-0.4, -0.2) is 48.6 Å². The van der Waals surface area contributed by atoms with Gasteiger partial charge in [-0.15, -0.1) is 0 Å². The zero-order valence-corrected chi connectivity index (χ0v) is 13.5. The Morgan fingerprint density at radius 2 is 1.52 bits per heavy atom. The van der Waals surface area contributed by atoms with E-state index in [4.69, 9.17) is 4.74 Å². The van der Waals surface area contributed by atoms with Crippen molar-refractivity contribution < 1.29 is 14.3 Å². The fourth-order valence-electron chi connectivity index (χ4n) is 3.12. The first-order valence-electron chi connectivity index (χ1n) is 8.05. The van der Waals surface area contributed by atoms with Gasteiger partial charge in [0.15, 0.2) is 0 Å². The topological polar surface area (TPSA) is 58.6 Å². The number of carbonyl (C=O) groups is 2. The molecule has 1 aliphatic carbocycles. The Bertz CT molecular complexity index is 375. The molecule has 5 heteroatoms. The van der Waals surface area contributed by atoms with Gasteiger partial charge >= 0.3 is 0 Å². The van der Waals surface area contributed by atoms with Gasteiger partial charge in [-0.2, -0.15) is 0 Å². The van der Waals surface area contributed by atoms with E-state index in [1.807, 2.05) is 25.7 Å². The van der Waals surface area contributed by atoms with E-state index in [1.54, 1.807) is 0 Å². The van der Waals surface area contributed by atoms with E-state index < -0.39 is 0 Å². The molecule has 1 N–H and O–H groups in total. The highest BCUT2D eigenvalue weighted by Crippen LogP contribution is 2.30. The minimum absolute atomic E-state index is 0.0676. The maximum absolute atomic E-state index is 12.4. The molecule has 0 aromatic carbocycles. The van der Waals surface area contributed by atoms with E-state index >= 15 is 0 Å². The molecule has 1 heterocycles. The number of carbonyl (C=O) groups excluding carboxylic acids is 2. The van der Waals surface area contributed by atoms with Gasteiger partial charge in [-0.25, -0.2) is 0 Å². The molecule has 1 aliphatic heterocycles. The fraction of sp³-hybridized carbons (Fsp3) is 0.875. The summed E-state index contributed by atoms with van der Waals surface area (Å²) in [4.78, 5) is 26.5. The van der Waals surface area contributed by atoms with Crippen LogP contribution in [0.15, 0.2) is 0 Å². The third-order valence-corrected chi connectivity index (χ3v) is 4.27. The van der Waals surface area contributed by atoms with Crippen molar-refractivity contribution in [3.05, 3.63) is 0 Å². The molecule has 0 bridgehead atoms. The molecule has 1 saturated heterocycles. The number of nitrogens with zero attached hydrogens (tertiary/aromatic N) is 1. The van der Waals surface area contributed by atoms with Gasteiger partial charge in [0.05, 0.1) is 13.2 Å².